The van der Waals surface area contributed by atoms with Crippen LogP contribution in [0.4, 0.5) is 5.82 Å². The summed E-state index contributed by atoms with van der Waals surface area (Å²) in [4.78, 5) is 6.29. The van der Waals surface area contributed by atoms with Crippen LogP contribution in [-0.4, -0.2) is 72.3 Å². The maximum Gasteiger partial charge on any atom is 0.165 e. The number of rotatable bonds is 3. The van der Waals surface area contributed by atoms with Crippen molar-refractivity contribution in [3.8, 4) is 5.75 Å². The lowest BCUT2D eigenvalue weighted by molar-refractivity contribution is -0.0519. The van der Waals surface area contributed by atoms with Crippen molar-refractivity contribution in [2.24, 2.45) is 0 Å². The van der Waals surface area contributed by atoms with Crippen LogP contribution in [0.2, 0.25) is 0 Å². The summed E-state index contributed by atoms with van der Waals surface area (Å²) in [6.07, 6.45) is 0.0672. The number of hydrogen-bond acceptors (Lipinski definition) is 8. The van der Waals surface area contributed by atoms with Gasteiger partial charge in [0, 0.05) is 0 Å². The zero-order valence-corrected chi connectivity index (χ0v) is 16.3. The van der Waals surface area contributed by atoms with Crippen molar-refractivity contribution in [3.63, 3.8) is 0 Å². The molecule has 1 saturated heterocycles. The SMILES string of the molecule is N=C1c2ncn([C@@H]3O[C@H](CO)[C@@H](O)[C@H]3O)c2NCN1C1CCCc2ccc(O)cc21. The highest BCUT2D eigenvalue weighted by molar-refractivity contribution is 6.00. The minimum atomic E-state index is -1.22. The van der Waals surface area contributed by atoms with Gasteiger partial charge in [0.2, 0.25) is 0 Å². The molecule has 0 saturated carbocycles. The van der Waals surface area contributed by atoms with Gasteiger partial charge in [0.05, 0.1) is 25.6 Å². The number of ether oxygens (including phenoxy) is 1. The summed E-state index contributed by atoms with van der Waals surface area (Å²) in [5.74, 6) is 0.986. The number of aliphatic hydroxyl groups excluding tert-OH is 3. The van der Waals surface area contributed by atoms with E-state index in [1.165, 1.54) is 11.9 Å². The Balaban J connectivity index is 1.44. The van der Waals surface area contributed by atoms with E-state index in [0.717, 1.165) is 24.8 Å². The molecule has 5 atom stereocenters. The van der Waals surface area contributed by atoms with Crippen LogP contribution < -0.4 is 5.32 Å². The lowest BCUT2D eigenvalue weighted by atomic mass is 9.86. The molecule has 3 heterocycles. The standard InChI is InChI=1S/C20H25N5O5/c21-18-15-19(25(8-22-15)20-17(29)16(28)14(7-26)30-20)23-9-24(18)13-3-1-2-10-4-5-11(27)6-12(10)13/h4-6,8,13-14,16-17,20-21,23,26-29H,1-3,7,9H2/t13?,14-,16-,17-,20-/m1/s1. The van der Waals surface area contributed by atoms with Crippen LogP contribution in [0.1, 0.15) is 41.9 Å². The van der Waals surface area contributed by atoms with Gasteiger partial charge in [-0.3, -0.25) is 9.98 Å². The van der Waals surface area contributed by atoms with Gasteiger partial charge in [-0.05, 0) is 42.5 Å². The summed E-state index contributed by atoms with van der Waals surface area (Å²) in [5.41, 5.74) is 2.63. The van der Waals surface area contributed by atoms with Crippen molar-refractivity contribution in [2.75, 3.05) is 18.6 Å². The van der Waals surface area contributed by atoms with Crippen molar-refractivity contribution >= 4 is 11.7 Å². The quantitative estimate of drug-likeness (QED) is 0.419. The van der Waals surface area contributed by atoms with E-state index in [1.54, 1.807) is 16.7 Å². The third-order valence-electron chi connectivity index (χ3n) is 6.30. The van der Waals surface area contributed by atoms with Crippen LogP contribution in [0.25, 0.3) is 0 Å². The molecule has 2 aromatic rings. The maximum atomic E-state index is 10.3. The summed E-state index contributed by atoms with van der Waals surface area (Å²) in [5, 5.41) is 51.7. The fraction of sp³-hybridized carbons (Fsp3) is 0.500. The fourth-order valence-electron chi connectivity index (χ4n) is 4.74. The van der Waals surface area contributed by atoms with Gasteiger partial charge in [-0.2, -0.15) is 0 Å². The third kappa shape index (κ3) is 2.87. The van der Waals surface area contributed by atoms with Crippen LogP contribution >= 0.6 is 0 Å². The van der Waals surface area contributed by atoms with E-state index < -0.39 is 31.1 Å². The second kappa shape index (κ2) is 7.24. The normalized spacial score (nSPS) is 30.7. The molecular formula is C20H25N5O5. The van der Waals surface area contributed by atoms with Gasteiger partial charge in [0.25, 0.3) is 0 Å². The van der Waals surface area contributed by atoms with Gasteiger partial charge >= 0.3 is 0 Å². The molecule has 10 nitrogen and oxygen atoms in total. The number of nitrogens with one attached hydrogen (secondary N) is 2. The summed E-state index contributed by atoms with van der Waals surface area (Å²) in [6.45, 7) is -0.0529. The Labute approximate surface area is 172 Å². The van der Waals surface area contributed by atoms with E-state index >= 15 is 0 Å². The first-order valence-corrected chi connectivity index (χ1v) is 10.1. The predicted molar refractivity (Wildman–Crippen MR) is 106 cm³/mol. The Hall–Kier alpha value is -2.66. The average molecular weight is 415 g/mol. The summed E-state index contributed by atoms with van der Waals surface area (Å²) >= 11 is 0. The number of imidazole rings is 1. The number of anilines is 1. The van der Waals surface area contributed by atoms with E-state index in [2.05, 4.69) is 10.3 Å². The molecule has 1 fully saturated rings. The van der Waals surface area contributed by atoms with Gasteiger partial charge in [-0.25, -0.2) is 4.98 Å². The number of phenols is 1. The molecule has 1 aromatic carbocycles. The first-order chi connectivity index (χ1) is 14.5. The molecule has 0 spiro atoms. The van der Waals surface area contributed by atoms with Crippen LogP contribution in [0.15, 0.2) is 24.5 Å². The van der Waals surface area contributed by atoms with Gasteiger partial charge in [0.1, 0.15) is 35.6 Å². The highest BCUT2D eigenvalue weighted by atomic mass is 16.6. The van der Waals surface area contributed by atoms with E-state index in [9.17, 15) is 20.4 Å². The number of aryl methyl sites for hydroxylation is 1. The Morgan fingerprint density at radius 3 is 2.87 bits per heavy atom. The number of aliphatic hydroxyl groups is 3. The number of benzene rings is 1. The summed E-state index contributed by atoms with van der Waals surface area (Å²) in [6, 6.07) is 5.37. The Bertz CT molecular complexity index is 978. The van der Waals surface area contributed by atoms with Crippen molar-refractivity contribution in [1.29, 1.82) is 5.41 Å². The molecule has 1 aromatic heterocycles. The van der Waals surface area contributed by atoms with Crippen LogP contribution in [-0.2, 0) is 11.2 Å². The highest BCUT2D eigenvalue weighted by Gasteiger charge is 2.45. The minimum absolute atomic E-state index is 0.0481. The molecular weight excluding hydrogens is 390 g/mol. The van der Waals surface area contributed by atoms with Crippen molar-refractivity contribution < 1.29 is 25.2 Å². The fourth-order valence-corrected chi connectivity index (χ4v) is 4.74. The smallest absolute Gasteiger partial charge is 0.165 e. The molecule has 6 N–H and O–H groups in total. The number of phenolic OH excluding ortho intramolecular Hbond substituents is 1. The lowest BCUT2D eigenvalue weighted by Gasteiger charge is -2.40. The first-order valence-electron chi connectivity index (χ1n) is 10.1. The van der Waals surface area contributed by atoms with Crippen LogP contribution in [0, 0.1) is 5.41 Å². The molecule has 1 aliphatic carbocycles. The number of nitrogens with zero attached hydrogens (tertiary/aromatic N) is 3. The maximum absolute atomic E-state index is 10.3. The van der Waals surface area contributed by atoms with Gasteiger partial charge in [0.15, 0.2) is 12.1 Å². The average Bonchev–Trinajstić information content (AvgIpc) is 3.30. The van der Waals surface area contributed by atoms with Gasteiger partial charge < -0.3 is 35.4 Å². The minimum Gasteiger partial charge on any atom is -0.508 e. The van der Waals surface area contributed by atoms with Crippen molar-refractivity contribution in [1.82, 2.24) is 14.5 Å². The first kappa shape index (κ1) is 19.3. The number of aromatic hydroxyl groups is 1. The van der Waals surface area contributed by atoms with E-state index in [-0.39, 0.29) is 17.6 Å². The van der Waals surface area contributed by atoms with Gasteiger partial charge in [-0.1, -0.05) is 6.07 Å². The number of fused-ring (bicyclic) bond motifs is 2. The van der Waals surface area contributed by atoms with E-state index in [4.69, 9.17) is 10.1 Å². The second-order valence-electron chi connectivity index (χ2n) is 8.02. The molecule has 2 aliphatic heterocycles. The van der Waals surface area contributed by atoms with Crippen molar-refractivity contribution in [3.05, 3.63) is 41.3 Å². The zero-order chi connectivity index (χ0) is 21.0. The largest absolute Gasteiger partial charge is 0.508 e. The monoisotopic (exact) mass is 415 g/mol. The number of hydrogen-bond donors (Lipinski definition) is 6. The molecule has 160 valence electrons. The molecule has 0 radical (unpaired) electrons. The van der Waals surface area contributed by atoms with Gasteiger partial charge in [-0.15, -0.1) is 0 Å². The van der Waals surface area contributed by atoms with E-state index in [1.807, 2.05) is 11.0 Å². The number of aromatic nitrogens is 2. The molecule has 3 aliphatic rings. The molecule has 0 amide bonds. The Morgan fingerprint density at radius 2 is 2.10 bits per heavy atom. The van der Waals surface area contributed by atoms with E-state index in [0.29, 0.717) is 18.2 Å². The zero-order valence-electron chi connectivity index (χ0n) is 16.3. The second-order valence-corrected chi connectivity index (χ2v) is 8.02. The molecule has 10 heteroatoms. The summed E-state index contributed by atoms with van der Waals surface area (Å²) < 4.78 is 7.17. The molecule has 1 unspecified atom stereocenters. The van der Waals surface area contributed by atoms with Crippen LogP contribution in [0.5, 0.6) is 5.75 Å². The topological polar surface area (TPSA) is 147 Å². The van der Waals surface area contributed by atoms with Crippen LogP contribution in [0.3, 0.4) is 0 Å². The Kier molecular flexibility index (Phi) is 4.66. The molecule has 0 bridgehead atoms. The molecule has 30 heavy (non-hydrogen) atoms. The van der Waals surface area contributed by atoms with Crippen molar-refractivity contribution in [2.45, 2.75) is 49.8 Å². The lowest BCUT2D eigenvalue weighted by Crippen LogP contribution is -2.44. The summed E-state index contributed by atoms with van der Waals surface area (Å²) in [7, 11) is 0. The predicted octanol–water partition coefficient (Wildman–Crippen LogP) is 0.288. The third-order valence-corrected chi connectivity index (χ3v) is 6.30. The highest BCUT2D eigenvalue weighted by Crippen LogP contribution is 2.40. The Morgan fingerprint density at radius 1 is 1.27 bits per heavy atom. The molecule has 5 rings (SSSR count). The number of amidine groups is 1.